The number of carbonyl (C=O) groups is 2. The molecule has 0 spiro atoms. The fourth-order valence-electron chi connectivity index (χ4n) is 2.52. The van der Waals surface area contributed by atoms with E-state index in [1.807, 2.05) is 19.1 Å². The molecule has 2 N–H and O–H groups in total. The van der Waals surface area contributed by atoms with Gasteiger partial charge in [0.05, 0.1) is 5.56 Å². The van der Waals surface area contributed by atoms with Crippen LogP contribution in [-0.4, -0.2) is 16.8 Å². The van der Waals surface area contributed by atoms with Crippen LogP contribution in [0.1, 0.15) is 32.1 Å². The van der Waals surface area contributed by atoms with Crippen LogP contribution >= 0.6 is 0 Å². The van der Waals surface area contributed by atoms with Crippen LogP contribution in [0.3, 0.4) is 0 Å². The molecule has 0 radical (unpaired) electrons. The van der Waals surface area contributed by atoms with E-state index in [9.17, 15) is 22.8 Å². The predicted molar refractivity (Wildman–Crippen MR) is 103 cm³/mol. The summed E-state index contributed by atoms with van der Waals surface area (Å²) in [5, 5.41) is 5.18. The maximum Gasteiger partial charge on any atom is 0.416 e. The second-order valence-corrected chi connectivity index (χ2v) is 6.21. The largest absolute Gasteiger partial charge is 0.416 e. The third kappa shape index (κ3) is 4.98. The highest BCUT2D eigenvalue weighted by atomic mass is 19.4. The Morgan fingerprint density at radius 3 is 1.97 bits per heavy atom. The Balaban J connectivity index is 1.72. The molecule has 1 heterocycles. The number of nitrogens with one attached hydrogen (secondary N) is 2. The average Bonchev–Trinajstić information content (AvgIpc) is 2.69. The number of hydrogen-bond donors (Lipinski definition) is 2. The predicted octanol–water partition coefficient (Wildman–Crippen LogP) is 4.91. The summed E-state index contributed by atoms with van der Waals surface area (Å²) in [4.78, 5) is 28.8. The van der Waals surface area contributed by atoms with Gasteiger partial charge in [-0.1, -0.05) is 24.3 Å². The standard InChI is InChI=1S/C21H16F3N3O2/c1-13-5-2-3-6-16(13)27-20(29)18-8-4-7-17(26-18)19(28)25-15-11-9-14(10-12-15)21(22,23)24/h2-12H,1H3,(H,25,28)(H,27,29). The lowest BCUT2D eigenvalue weighted by molar-refractivity contribution is -0.137. The van der Waals surface area contributed by atoms with Crippen LogP contribution in [0.25, 0.3) is 0 Å². The van der Waals surface area contributed by atoms with Gasteiger partial charge in [-0.25, -0.2) is 4.98 Å². The summed E-state index contributed by atoms with van der Waals surface area (Å²) in [6.07, 6.45) is -4.46. The fourth-order valence-corrected chi connectivity index (χ4v) is 2.52. The van der Waals surface area contributed by atoms with Gasteiger partial charge in [-0.2, -0.15) is 13.2 Å². The Labute approximate surface area is 164 Å². The number of nitrogens with zero attached hydrogens (tertiary/aromatic N) is 1. The summed E-state index contributed by atoms with van der Waals surface area (Å²) in [7, 11) is 0. The molecule has 5 nitrogen and oxygen atoms in total. The number of aryl methyl sites for hydroxylation is 1. The molecule has 8 heteroatoms. The van der Waals surface area contributed by atoms with Crippen molar-refractivity contribution in [2.75, 3.05) is 10.6 Å². The van der Waals surface area contributed by atoms with Crippen LogP contribution in [0.4, 0.5) is 24.5 Å². The first-order chi connectivity index (χ1) is 13.7. The van der Waals surface area contributed by atoms with Crippen molar-refractivity contribution < 1.29 is 22.8 Å². The minimum Gasteiger partial charge on any atom is -0.321 e. The van der Waals surface area contributed by atoms with Crippen LogP contribution in [0, 0.1) is 6.92 Å². The third-order valence-electron chi connectivity index (χ3n) is 4.08. The van der Waals surface area contributed by atoms with Crippen molar-refractivity contribution in [1.29, 1.82) is 0 Å². The molecule has 0 saturated carbocycles. The molecular formula is C21H16F3N3O2. The van der Waals surface area contributed by atoms with Gasteiger partial charge < -0.3 is 10.6 Å². The lowest BCUT2D eigenvalue weighted by Gasteiger charge is -2.10. The highest BCUT2D eigenvalue weighted by molar-refractivity contribution is 6.06. The molecule has 2 aromatic carbocycles. The van der Waals surface area contributed by atoms with Crippen molar-refractivity contribution >= 4 is 23.2 Å². The van der Waals surface area contributed by atoms with Crippen LogP contribution in [0.5, 0.6) is 0 Å². The number of hydrogen-bond acceptors (Lipinski definition) is 3. The van der Waals surface area contributed by atoms with Crippen LogP contribution in [0.2, 0.25) is 0 Å². The van der Waals surface area contributed by atoms with E-state index in [4.69, 9.17) is 0 Å². The van der Waals surface area contributed by atoms with Crippen molar-refractivity contribution in [3.8, 4) is 0 Å². The van der Waals surface area contributed by atoms with Gasteiger partial charge in [0.2, 0.25) is 0 Å². The number of para-hydroxylation sites is 1. The minimum atomic E-state index is -4.46. The second kappa shape index (κ2) is 8.14. The molecule has 0 aliphatic carbocycles. The monoisotopic (exact) mass is 399 g/mol. The van der Waals surface area contributed by atoms with Crippen molar-refractivity contribution in [1.82, 2.24) is 4.98 Å². The molecule has 1 aromatic heterocycles. The van der Waals surface area contributed by atoms with Gasteiger partial charge in [0.15, 0.2) is 0 Å². The topological polar surface area (TPSA) is 71.1 Å². The van der Waals surface area contributed by atoms with Crippen LogP contribution in [-0.2, 0) is 6.18 Å². The van der Waals surface area contributed by atoms with Gasteiger partial charge in [-0.3, -0.25) is 9.59 Å². The number of anilines is 2. The molecule has 29 heavy (non-hydrogen) atoms. The van der Waals surface area contributed by atoms with Crippen molar-refractivity contribution in [3.05, 3.63) is 89.2 Å². The maximum atomic E-state index is 12.6. The van der Waals surface area contributed by atoms with E-state index in [1.165, 1.54) is 18.2 Å². The van der Waals surface area contributed by atoms with Crippen molar-refractivity contribution in [2.24, 2.45) is 0 Å². The van der Waals surface area contributed by atoms with Gasteiger partial charge in [-0.05, 0) is 55.0 Å². The molecule has 0 atom stereocenters. The molecular weight excluding hydrogens is 383 g/mol. The second-order valence-electron chi connectivity index (χ2n) is 6.21. The summed E-state index contributed by atoms with van der Waals surface area (Å²) < 4.78 is 37.8. The Hall–Kier alpha value is -3.68. The van der Waals surface area contributed by atoms with Gasteiger partial charge in [0.1, 0.15) is 11.4 Å². The number of halogens is 3. The SMILES string of the molecule is Cc1ccccc1NC(=O)c1cccc(C(=O)Nc2ccc(C(F)(F)F)cc2)n1. The first-order valence-electron chi connectivity index (χ1n) is 8.57. The number of aromatic nitrogens is 1. The Bertz CT molecular complexity index is 1050. The van der Waals surface area contributed by atoms with Crippen molar-refractivity contribution in [3.63, 3.8) is 0 Å². The van der Waals surface area contributed by atoms with Crippen LogP contribution < -0.4 is 10.6 Å². The minimum absolute atomic E-state index is 0.0355. The quantitative estimate of drug-likeness (QED) is 0.655. The lowest BCUT2D eigenvalue weighted by Crippen LogP contribution is -2.19. The summed E-state index contributed by atoms with van der Waals surface area (Å²) in [6.45, 7) is 1.84. The zero-order chi connectivity index (χ0) is 21.0. The van der Waals surface area contributed by atoms with Gasteiger partial charge in [0, 0.05) is 11.4 Å². The Kier molecular flexibility index (Phi) is 5.63. The molecule has 0 saturated heterocycles. The summed E-state index contributed by atoms with van der Waals surface area (Å²) in [5.41, 5.74) is 0.856. The number of alkyl halides is 3. The number of carbonyl (C=O) groups excluding carboxylic acids is 2. The van der Waals surface area contributed by atoms with E-state index in [0.717, 1.165) is 29.8 Å². The first-order valence-corrected chi connectivity index (χ1v) is 8.57. The molecule has 0 unspecified atom stereocenters. The first kappa shape index (κ1) is 20.1. The van der Waals surface area contributed by atoms with E-state index in [1.54, 1.807) is 12.1 Å². The van der Waals surface area contributed by atoms with E-state index in [-0.39, 0.29) is 17.1 Å². The molecule has 2 amide bonds. The lowest BCUT2D eigenvalue weighted by atomic mass is 10.2. The van der Waals surface area contributed by atoms with Crippen LogP contribution in [0.15, 0.2) is 66.7 Å². The van der Waals surface area contributed by atoms with Crippen molar-refractivity contribution in [2.45, 2.75) is 13.1 Å². The molecule has 3 aromatic rings. The Morgan fingerprint density at radius 2 is 1.38 bits per heavy atom. The highest BCUT2D eigenvalue weighted by Gasteiger charge is 2.30. The van der Waals surface area contributed by atoms with E-state index >= 15 is 0 Å². The summed E-state index contributed by atoms with van der Waals surface area (Å²) in [5.74, 6) is -1.13. The van der Waals surface area contributed by atoms with Gasteiger partial charge >= 0.3 is 6.18 Å². The average molecular weight is 399 g/mol. The van der Waals surface area contributed by atoms with E-state index < -0.39 is 23.6 Å². The van der Waals surface area contributed by atoms with E-state index in [2.05, 4.69) is 15.6 Å². The molecule has 3 rings (SSSR count). The number of rotatable bonds is 4. The molecule has 0 bridgehead atoms. The Morgan fingerprint density at radius 1 is 0.793 bits per heavy atom. The maximum absolute atomic E-state index is 12.6. The summed E-state index contributed by atoms with van der Waals surface area (Å²) in [6, 6.07) is 15.6. The zero-order valence-corrected chi connectivity index (χ0v) is 15.2. The zero-order valence-electron chi connectivity index (χ0n) is 15.2. The molecule has 0 aliphatic heterocycles. The number of benzene rings is 2. The van der Waals surface area contributed by atoms with Gasteiger partial charge in [0.25, 0.3) is 11.8 Å². The van der Waals surface area contributed by atoms with Gasteiger partial charge in [-0.15, -0.1) is 0 Å². The molecule has 0 aliphatic rings. The normalized spacial score (nSPS) is 11.0. The number of pyridine rings is 1. The fraction of sp³-hybridized carbons (Fsp3) is 0.0952. The molecule has 148 valence electrons. The third-order valence-corrected chi connectivity index (χ3v) is 4.08. The summed E-state index contributed by atoms with van der Waals surface area (Å²) >= 11 is 0. The molecule has 0 fully saturated rings. The highest BCUT2D eigenvalue weighted by Crippen LogP contribution is 2.29. The number of amides is 2. The van der Waals surface area contributed by atoms with E-state index in [0.29, 0.717) is 5.69 Å². The smallest absolute Gasteiger partial charge is 0.321 e.